The van der Waals surface area contributed by atoms with E-state index in [1.54, 1.807) is 42.4 Å². The molecule has 0 atom stereocenters. The maximum Gasteiger partial charge on any atom is 0.255 e. The average Bonchev–Trinajstić information content (AvgIpc) is 2.54. The quantitative estimate of drug-likeness (QED) is 0.882. The van der Waals surface area contributed by atoms with Crippen LogP contribution in [0.5, 0.6) is 0 Å². The van der Waals surface area contributed by atoms with Crippen LogP contribution in [0.25, 0.3) is 0 Å². The molecule has 1 amide bonds. The summed E-state index contributed by atoms with van der Waals surface area (Å²) in [5.74, 6) is -0.433. The number of hydrogen-bond donors (Lipinski definition) is 1. The number of nitrogens with one attached hydrogen (secondary N) is 1. The Morgan fingerprint density at radius 2 is 2.09 bits per heavy atom. The zero-order valence-electron chi connectivity index (χ0n) is 12.8. The highest BCUT2D eigenvalue weighted by molar-refractivity contribution is 5.94. The predicted octanol–water partition coefficient (Wildman–Crippen LogP) is 3.84. The van der Waals surface area contributed by atoms with Gasteiger partial charge in [0.1, 0.15) is 5.82 Å². The molecule has 22 heavy (non-hydrogen) atoms. The summed E-state index contributed by atoms with van der Waals surface area (Å²) >= 11 is 0. The van der Waals surface area contributed by atoms with Crippen LogP contribution in [0, 0.1) is 5.82 Å². The molecule has 1 aromatic carbocycles. The zero-order chi connectivity index (χ0) is 15.9. The molecule has 4 nitrogen and oxygen atoms in total. The number of para-hydroxylation sites is 1. The van der Waals surface area contributed by atoms with E-state index < -0.39 is 0 Å². The van der Waals surface area contributed by atoms with Crippen molar-refractivity contribution in [3.63, 3.8) is 0 Å². The fourth-order valence-electron chi connectivity index (χ4n) is 2.06. The van der Waals surface area contributed by atoms with Gasteiger partial charge >= 0.3 is 0 Å². The highest BCUT2D eigenvalue weighted by atomic mass is 19.1. The smallest absolute Gasteiger partial charge is 0.255 e. The maximum atomic E-state index is 13.6. The number of carbonyl (C=O) groups excluding carboxylic acids is 1. The zero-order valence-corrected chi connectivity index (χ0v) is 12.8. The van der Waals surface area contributed by atoms with E-state index in [0.29, 0.717) is 23.5 Å². The lowest BCUT2D eigenvalue weighted by Crippen LogP contribution is -2.27. The summed E-state index contributed by atoms with van der Waals surface area (Å²) in [5, 5.41) is 2.94. The van der Waals surface area contributed by atoms with Gasteiger partial charge in [0.05, 0.1) is 23.1 Å². The van der Waals surface area contributed by atoms with Crippen molar-refractivity contribution in [3.8, 4) is 0 Å². The second-order valence-electron chi connectivity index (χ2n) is 5.15. The standard InChI is InChI=1S/C17H20FN3O/c1-3-4-9-21(2)17(22)13-10-14(12-19-11-13)20-16-8-6-5-7-15(16)18/h5-8,10-12,20H,3-4,9H2,1-2H3. The highest BCUT2D eigenvalue weighted by Gasteiger charge is 2.12. The van der Waals surface area contributed by atoms with E-state index in [2.05, 4.69) is 17.2 Å². The van der Waals surface area contributed by atoms with Crippen LogP contribution in [0.2, 0.25) is 0 Å². The molecule has 2 aromatic rings. The number of aromatic nitrogens is 1. The Balaban J connectivity index is 2.13. The molecule has 1 aromatic heterocycles. The van der Waals surface area contributed by atoms with E-state index in [0.717, 1.165) is 12.8 Å². The fourth-order valence-corrected chi connectivity index (χ4v) is 2.06. The van der Waals surface area contributed by atoms with Gasteiger partial charge < -0.3 is 10.2 Å². The molecule has 0 fully saturated rings. The van der Waals surface area contributed by atoms with E-state index in [1.807, 2.05) is 0 Å². The number of pyridine rings is 1. The van der Waals surface area contributed by atoms with Crippen molar-refractivity contribution in [1.29, 1.82) is 0 Å². The number of nitrogens with zero attached hydrogens (tertiary/aromatic N) is 2. The van der Waals surface area contributed by atoms with Crippen LogP contribution in [0.3, 0.4) is 0 Å². The minimum atomic E-state index is -0.348. The number of anilines is 2. The van der Waals surface area contributed by atoms with Crippen molar-refractivity contribution in [2.75, 3.05) is 18.9 Å². The van der Waals surface area contributed by atoms with Gasteiger partial charge in [-0.25, -0.2) is 4.39 Å². The van der Waals surface area contributed by atoms with Crippen LogP contribution >= 0.6 is 0 Å². The minimum Gasteiger partial charge on any atom is -0.352 e. The van der Waals surface area contributed by atoms with Crippen molar-refractivity contribution in [1.82, 2.24) is 9.88 Å². The summed E-state index contributed by atoms with van der Waals surface area (Å²) in [6.45, 7) is 2.79. The summed E-state index contributed by atoms with van der Waals surface area (Å²) in [6, 6.07) is 8.07. The first-order valence-corrected chi connectivity index (χ1v) is 7.34. The Morgan fingerprint density at radius 1 is 1.32 bits per heavy atom. The van der Waals surface area contributed by atoms with Crippen LogP contribution in [0.1, 0.15) is 30.1 Å². The largest absolute Gasteiger partial charge is 0.352 e. The second-order valence-corrected chi connectivity index (χ2v) is 5.15. The van der Waals surface area contributed by atoms with E-state index in [9.17, 15) is 9.18 Å². The summed E-state index contributed by atoms with van der Waals surface area (Å²) < 4.78 is 13.6. The van der Waals surface area contributed by atoms with Crippen LogP contribution in [-0.4, -0.2) is 29.4 Å². The van der Waals surface area contributed by atoms with E-state index in [1.165, 1.54) is 12.3 Å². The molecule has 0 aliphatic heterocycles. The van der Waals surface area contributed by atoms with Gasteiger partial charge in [-0.2, -0.15) is 0 Å². The lowest BCUT2D eigenvalue weighted by molar-refractivity contribution is 0.0793. The lowest BCUT2D eigenvalue weighted by atomic mass is 10.2. The fraction of sp³-hybridized carbons (Fsp3) is 0.294. The molecule has 5 heteroatoms. The van der Waals surface area contributed by atoms with Gasteiger partial charge in [0.15, 0.2) is 0 Å². The van der Waals surface area contributed by atoms with Crippen LogP contribution < -0.4 is 5.32 Å². The molecule has 0 aliphatic rings. The third kappa shape index (κ3) is 4.04. The van der Waals surface area contributed by atoms with Crippen molar-refractivity contribution >= 4 is 17.3 Å². The molecular weight excluding hydrogens is 281 g/mol. The molecule has 0 spiro atoms. The van der Waals surface area contributed by atoms with Gasteiger partial charge in [0.2, 0.25) is 0 Å². The summed E-state index contributed by atoms with van der Waals surface area (Å²) in [6.07, 6.45) is 5.08. The number of benzene rings is 1. The molecule has 0 saturated carbocycles. The molecule has 116 valence electrons. The molecule has 0 saturated heterocycles. The Bertz CT molecular complexity index is 645. The van der Waals surface area contributed by atoms with Crippen molar-refractivity contribution in [3.05, 3.63) is 54.1 Å². The molecule has 0 unspecified atom stereocenters. The minimum absolute atomic E-state index is 0.0851. The van der Waals surface area contributed by atoms with Crippen molar-refractivity contribution < 1.29 is 9.18 Å². The Labute approximate surface area is 130 Å². The SMILES string of the molecule is CCCCN(C)C(=O)c1cncc(Nc2ccccc2F)c1. The van der Waals surface area contributed by atoms with Crippen LogP contribution in [0.4, 0.5) is 15.8 Å². The van der Waals surface area contributed by atoms with Crippen LogP contribution in [-0.2, 0) is 0 Å². The van der Waals surface area contributed by atoms with Gasteiger partial charge in [0, 0.05) is 19.8 Å². The third-order valence-corrected chi connectivity index (χ3v) is 3.33. The Morgan fingerprint density at radius 3 is 2.82 bits per heavy atom. The van der Waals surface area contributed by atoms with E-state index in [4.69, 9.17) is 0 Å². The topological polar surface area (TPSA) is 45.2 Å². The van der Waals surface area contributed by atoms with Crippen molar-refractivity contribution in [2.45, 2.75) is 19.8 Å². The number of rotatable bonds is 6. The molecule has 1 N–H and O–H groups in total. The third-order valence-electron chi connectivity index (χ3n) is 3.33. The number of carbonyl (C=O) groups is 1. The summed E-state index contributed by atoms with van der Waals surface area (Å²) in [7, 11) is 1.77. The first-order valence-electron chi connectivity index (χ1n) is 7.34. The second kappa shape index (κ2) is 7.54. The monoisotopic (exact) mass is 301 g/mol. The first-order chi connectivity index (χ1) is 10.6. The van der Waals surface area contributed by atoms with Gasteiger partial charge in [0.25, 0.3) is 5.91 Å². The number of unbranched alkanes of at least 4 members (excludes halogenated alkanes) is 1. The number of hydrogen-bond acceptors (Lipinski definition) is 3. The maximum absolute atomic E-state index is 13.6. The summed E-state index contributed by atoms with van der Waals surface area (Å²) in [4.78, 5) is 18.0. The Kier molecular flexibility index (Phi) is 5.47. The highest BCUT2D eigenvalue weighted by Crippen LogP contribution is 2.20. The molecule has 2 rings (SSSR count). The van der Waals surface area contributed by atoms with Gasteiger partial charge in [-0.05, 0) is 24.6 Å². The Hall–Kier alpha value is -2.43. The van der Waals surface area contributed by atoms with Gasteiger partial charge in [-0.15, -0.1) is 0 Å². The summed E-state index contributed by atoms with van der Waals surface area (Å²) in [5.41, 5.74) is 1.42. The van der Waals surface area contributed by atoms with Crippen molar-refractivity contribution in [2.24, 2.45) is 0 Å². The average molecular weight is 301 g/mol. The van der Waals surface area contributed by atoms with Gasteiger partial charge in [-0.3, -0.25) is 9.78 Å². The van der Waals surface area contributed by atoms with E-state index in [-0.39, 0.29) is 11.7 Å². The number of amides is 1. The molecular formula is C17H20FN3O. The normalized spacial score (nSPS) is 10.3. The van der Waals surface area contributed by atoms with Crippen LogP contribution in [0.15, 0.2) is 42.7 Å². The first kappa shape index (κ1) is 15.9. The molecule has 0 bridgehead atoms. The van der Waals surface area contributed by atoms with E-state index >= 15 is 0 Å². The lowest BCUT2D eigenvalue weighted by Gasteiger charge is -2.17. The number of halogens is 1. The molecule has 1 heterocycles. The van der Waals surface area contributed by atoms with Gasteiger partial charge in [-0.1, -0.05) is 25.5 Å². The molecule has 0 radical (unpaired) electrons. The predicted molar refractivity (Wildman–Crippen MR) is 85.8 cm³/mol. The molecule has 0 aliphatic carbocycles.